The van der Waals surface area contributed by atoms with E-state index in [4.69, 9.17) is 0 Å². The molecule has 0 bridgehead atoms. The number of likely N-dealkylation sites (tertiary alicyclic amines) is 1. The third kappa shape index (κ3) is 3.52. The molecule has 0 aromatic heterocycles. The molecule has 3 rings (SSSR count). The molecule has 0 aliphatic carbocycles. The lowest BCUT2D eigenvalue weighted by Crippen LogP contribution is -2.27. The molecule has 5 nitrogen and oxygen atoms in total. The van der Waals surface area contributed by atoms with Gasteiger partial charge in [-0.05, 0) is 49.2 Å². The SMILES string of the molecule is O=C(c1ccc(NS(=O)(=O)c2ccc(F)c(F)c2F)cc1)N1CCCC1. The second-order valence-corrected chi connectivity index (χ2v) is 7.51. The summed E-state index contributed by atoms with van der Waals surface area (Å²) in [5.74, 6) is -5.28. The van der Waals surface area contributed by atoms with Gasteiger partial charge in [0.2, 0.25) is 0 Å². The van der Waals surface area contributed by atoms with Gasteiger partial charge in [0.25, 0.3) is 15.9 Å². The quantitative estimate of drug-likeness (QED) is 0.824. The van der Waals surface area contributed by atoms with Crippen LogP contribution in [0.1, 0.15) is 23.2 Å². The van der Waals surface area contributed by atoms with Crippen LogP contribution >= 0.6 is 0 Å². The summed E-state index contributed by atoms with van der Waals surface area (Å²) in [4.78, 5) is 12.9. The fraction of sp³-hybridized carbons (Fsp3) is 0.235. The molecule has 0 unspecified atom stereocenters. The van der Waals surface area contributed by atoms with Gasteiger partial charge in [0.1, 0.15) is 4.90 Å². The molecular formula is C17H15F3N2O3S. The van der Waals surface area contributed by atoms with Crippen molar-refractivity contribution in [3.05, 3.63) is 59.4 Å². The van der Waals surface area contributed by atoms with E-state index in [9.17, 15) is 26.4 Å². The van der Waals surface area contributed by atoms with Crippen LogP contribution in [0.5, 0.6) is 0 Å². The highest BCUT2D eigenvalue weighted by atomic mass is 32.2. The largest absolute Gasteiger partial charge is 0.339 e. The number of halogens is 3. The average Bonchev–Trinajstić information content (AvgIpc) is 3.14. The third-order valence-electron chi connectivity index (χ3n) is 4.07. The van der Waals surface area contributed by atoms with Gasteiger partial charge in [-0.3, -0.25) is 9.52 Å². The summed E-state index contributed by atoms with van der Waals surface area (Å²) in [6.45, 7) is 1.37. The Bertz CT molecular complexity index is 940. The van der Waals surface area contributed by atoms with Crippen LogP contribution in [-0.2, 0) is 10.0 Å². The molecule has 26 heavy (non-hydrogen) atoms. The lowest BCUT2D eigenvalue weighted by molar-refractivity contribution is 0.0793. The normalized spacial score (nSPS) is 14.5. The summed E-state index contributed by atoms with van der Waals surface area (Å²) in [5.41, 5.74) is 0.459. The molecule has 0 saturated carbocycles. The molecule has 0 atom stereocenters. The molecule has 1 fully saturated rings. The van der Waals surface area contributed by atoms with Crippen LogP contribution in [0.2, 0.25) is 0 Å². The van der Waals surface area contributed by atoms with E-state index in [-0.39, 0.29) is 11.6 Å². The maximum absolute atomic E-state index is 13.7. The molecule has 0 spiro atoms. The lowest BCUT2D eigenvalue weighted by Gasteiger charge is -2.15. The number of anilines is 1. The summed E-state index contributed by atoms with van der Waals surface area (Å²) < 4.78 is 66.4. The summed E-state index contributed by atoms with van der Waals surface area (Å²) in [7, 11) is -4.46. The number of amides is 1. The van der Waals surface area contributed by atoms with Gasteiger partial charge in [0.15, 0.2) is 17.5 Å². The highest BCUT2D eigenvalue weighted by Crippen LogP contribution is 2.23. The maximum atomic E-state index is 13.7. The van der Waals surface area contributed by atoms with E-state index in [1.807, 2.05) is 0 Å². The average molecular weight is 384 g/mol. The smallest absolute Gasteiger partial charge is 0.264 e. The molecule has 1 amide bonds. The number of nitrogens with one attached hydrogen (secondary N) is 1. The van der Waals surface area contributed by atoms with Crippen molar-refractivity contribution < 1.29 is 26.4 Å². The predicted octanol–water partition coefficient (Wildman–Crippen LogP) is 3.14. The minimum Gasteiger partial charge on any atom is -0.339 e. The molecule has 1 heterocycles. The van der Waals surface area contributed by atoms with E-state index in [0.29, 0.717) is 30.8 Å². The highest BCUT2D eigenvalue weighted by molar-refractivity contribution is 7.92. The topological polar surface area (TPSA) is 66.5 Å². The Morgan fingerprint density at radius 2 is 1.54 bits per heavy atom. The van der Waals surface area contributed by atoms with Gasteiger partial charge >= 0.3 is 0 Å². The van der Waals surface area contributed by atoms with E-state index in [1.165, 1.54) is 24.3 Å². The maximum Gasteiger partial charge on any atom is 0.264 e. The molecule has 2 aromatic carbocycles. The molecule has 1 aliphatic rings. The van der Waals surface area contributed by atoms with E-state index < -0.39 is 32.4 Å². The van der Waals surface area contributed by atoms with Gasteiger partial charge in [0.05, 0.1) is 0 Å². The van der Waals surface area contributed by atoms with Crippen LogP contribution in [0, 0.1) is 17.5 Å². The first-order valence-corrected chi connectivity index (χ1v) is 9.33. The lowest BCUT2D eigenvalue weighted by atomic mass is 10.2. The number of benzene rings is 2. The Labute approximate surface area is 148 Å². The molecule has 1 saturated heterocycles. The van der Waals surface area contributed by atoms with Crippen molar-refractivity contribution in [2.45, 2.75) is 17.7 Å². The van der Waals surface area contributed by atoms with Crippen molar-refractivity contribution in [3.8, 4) is 0 Å². The Morgan fingerprint density at radius 3 is 2.15 bits per heavy atom. The number of nitrogens with zero attached hydrogens (tertiary/aromatic N) is 1. The van der Waals surface area contributed by atoms with Gasteiger partial charge in [-0.1, -0.05) is 0 Å². The van der Waals surface area contributed by atoms with Crippen molar-refractivity contribution >= 4 is 21.6 Å². The van der Waals surface area contributed by atoms with Crippen molar-refractivity contribution in [1.82, 2.24) is 4.90 Å². The Morgan fingerprint density at radius 1 is 0.923 bits per heavy atom. The standard InChI is InChI=1S/C17H15F3N2O3S/c18-13-7-8-14(16(20)15(13)19)26(24,25)21-12-5-3-11(4-6-12)17(23)22-9-1-2-10-22/h3-8,21H,1-2,9-10H2. The van der Waals surface area contributed by atoms with Gasteiger partial charge in [-0.25, -0.2) is 21.6 Å². The van der Waals surface area contributed by atoms with Gasteiger partial charge in [-0.15, -0.1) is 0 Å². The Balaban J connectivity index is 1.80. The molecule has 2 aromatic rings. The van der Waals surface area contributed by atoms with Crippen LogP contribution in [-0.4, -0.2) is 32.3 Å². The minimum atomic E-state index is -4.46. The van der Waals surface area contributed by atoms with E-state index in [0.717, 1.165) is 12.8 Å². The first-order valence-electron chi connectivity index (χ1n) is 7.85. The number of hydrogen-bond donors (Lipinski definition) is 1. The van der Waals surface area contributed by atoms with Crippen LogP contribution < -0.4 is 4.72 Å². The van der Waals surface area contributed by atoms with Crippen LogP contribution in [0.4, 0.5) is 18.9 Å². The Kier molecular flexibility index (Phi) is 4.90. The fourth-order valence-corrected chi connectivity index (χ4v) is 3.84. The van der Waals surface area contributed by atoms with E-state index >= 15 is 0 Å². The second-order valence-electron chi connectivity index (χ2n) is 5.86. The molecule has 1 aliphatic heterocycles. The summed E-state index contributed by atoms with van der Waals surface area (Å²) in [5, 5.41) is 0. The number of hydrogen-bond acceptors (Lipinski definition) is 3. The molecular weight excluding hydrogens is 369 g/mol. The Hall–Kier alpha value is -2.55. The van der Waals surface area contributed by atoms with Crippen LogP contribution in [0.15, 0.2) is 41.3 Å². The van der Waals surface area contributed by atoms with Crippen LogP contribution in [0.25, 0.3) is 0 Å². The minimum absolute atomic E-state index is 0.0621. The molecule has 9 heteroatoms. The number of carbonyl (C=O) groups is 1. The van der Waals surface area contributed by atoms with Crippen molar-refractivity contribution in [3.63, 3.8) is 0 Å². The van der Waals surface area contributed by atoms with Crippen LogP contribution in [0.3, 0.4) is 0 Å². The summed E-state index contributed by atoms with van der Waals surface area (Å²) in [6, 6.07) is 6.75. The van der Waals surface area contributed by atoms with E-state index in [1.54, 1.807) is 4.90 Å². The number of sulfonamides is 1. The van der Waals surface area contributed by atoms with Gasteiger partial charge in [-0.2, -0.15) is 0 Å². The molecule has 1 N–H and O–H groups in total. The zero-order valence-electron chi connectivity index (χ0n) is 13.5. The fourth-order valence-electron chi connectivity index (χ4n) is 2.71. The summed E-state index contributed by atoms with van der Waals surface area (Å²) >= 11 is 0. The third-order valence-corrected chi connectivity index (χ3v) is 5.47. The van der Waals surface area contributed by atoms with Crippen molar-refractivity contribution in [1.29, 1.82) is 0 Å². The van der Waals surface area contributed by atoms with E-state index in [2.05, 4.69) is 4.72 Å². The highest BCUT2D eigenvalue weighted by Gasteiger charge is 2.24. The number of carbonyl (C=O) groups excluding carboxylic acids is 1. The van der Waals surface area contributed by atoms with Gasteiger partial charge < -0.3 is 4.90 Å². The van der Waals surface area contributed by atoms with Crippen molar-refractivity contribution in [2.75, 3.05) is 17.8 Å². The number of rotatable bonds is 4. The zero-order chi connectivity index (χ0) is 18.9. The molecule has 138 valence electrons. The van der Waals surface area contributed by atoms with Crippen molar-refractivity contribution in [2.24, 2.45) is 0 Å². The second kappa shape index (κ2) is 6.99. The molecule has 0 radical (unpaired) electrons. The monoisotopic (exact) mass is 384 g/mol. The first kappa shape index (κ1) is 18.2. The summed E-state index contributed by atoms with van der Waals surface area (Å²) in [6.07, 6.45) is 1.90. The zero-order valence-corrected chi connectivity index (χ0v) is 14.3. The predicted molar refractivity (Wildman–Crippen MR) is 88.7 cm³/mol. The first-order chi connectivity index (χ1) is 12.3. The van der Waals surface area contributed by atoms with Gasteiger partial charge in [0, 0.05) is 24.3 Å².